The van der Waals surface area contributed by atoms with Crippen LogP contribution in [0, 0.1) is 6.92 Å². The van der Waals surface area contributed by atoms with Gasteiger partial charge in [0.05, 0.1) is 13.2 Å². The van der Waals surface area contributed by atoms with Gasteiger partial charge in [-0.3, -0.25) is 0 Å². The summed E-state index contributed by atoms with van der Waals surface area (Å²) in [6.45, 7) is 8.37. The minimum atomic E-state index is 0.762. The van der Waals surface area contributed by atoms with Gasteiger partial charge in [-0.15, -0.1) is 0 Å². The molecule has 6 nitrogen and oxygen atoms in total. The lowest BCUT2D eigenvalue weighted by atomic mass is 10.3. The summed E-state index contributed by atoms with van der Waals surface area (Å²) in [5.41, 5.74) is 4.38. The molecule has 0 radical (unpaired) electrons. The quantitative estimate of drug-likeness (QED) is 0.821. The molecule has 1 fully saturated rings. The van der Waals surface area contributed by atoms with Crippen LogP contribution < -0.4 is 10.7 Å². The average Bonchev–Trinajstić information content (AvgIpc) is 2.41. The van der Waals surface area contributed by atoms with Crippen LogP contribution in [0.15, 0.2) is 6.33 Å². The van der Waals surface area contributed by atoms with E-state index in [1.165, 1.54) is 0 Å². The molecule has 0 spiro atoms. The summed E-state index contributed by atoms with van der Waals surface area (Å²) in [6.07, 6.45) is 2.67. The van der Waals surface area contributed by atoms with Gasteiger partial charge in [-0.1, -0.05) is 6.92 Å². The Kier molecular flexibility index (Phi) is 4.72. The highest BCUT2D eigenvalue weighted by atomic mass is 16.5. The normalized spacial score (nSPS) is 16.6. The zero-order valence-electron chi connectivity index (χ0n) is 11.1. The maximum atomic E-state index is 5.32. The van der Waals surface area contributed by atoms with Gasteiger partial charge in [-0.25, -0.2) is 15.0 Å². The largest absolute Gasteiger partial charge is 0.379 e. The molecule has 2 heterocycles. The van der Waals surface area contributed by atoms with Crippen LogP contribution in [0.5, 0.6) is 0 Å². The van der Waals surface area contributed by atoms with Crippen LogP contribution in [0.25, 0.3) is 0 Å². The topological polar surface area (TPSA) is 62.3 Å². The van der Waals surface area contributed by atoms with Gasteiger partial charge in [0.15, 0.2) is 0 Å². The number of ether oxygens (including phenoxy) is 1. The third kappa shape index (κ3) is 3.30. The maximum absolute atomic E-state index is 5.32. The molecule has 1 aromatic rings. The fraction of sp³-hybridized carbons (Fsp3) is 0.667. The van der Waals surface area contributed by atoms with Crippen LogP contribution in [-0.2, 0) is 4.74 Å². The van der Waals surface area contributed by atoms with Crippen molar-refractivity contribution < 1.29 is 4.74 Å². The number of hydrazine groups is 1. The Morgan fingerprint density at radius 1 is 1.28 bits per heavy atom. The van der Waals surface area contributed by atoms with E-state index in [-0.39, 0.29) is 0 Å². The van der Waals surface area contributed by atoms with Gasteiger partial charge < -0.3 is 15.5 Å². The van der Waals surface area contributed by atoms with Crippen LogP contribution >= 0.6 is 0 Å². The summed E-state index contributed by atoms with van der Waals surface area (Å²) < 4.78 is 5.32. The first-order valence-electron chi connectivity index (χ1n) is 6.46. The van der Waals surface area contributed by atoms with E-state index in [1.807, 2.05) is 6.92 Å². The Labute approximate surface area is 108 Å². The highest BCUT2D eigenvalue weighted by Crippen LogP contribution is 2.18. The monoisotopic (exact) mass is 251 g/mol. The van der Waals surface area contributed by atoms with E-state index in [0.717, 1.165) is 56.5 Å². The predicted octanol–water partition coefficient (Wildman–Crippen LogP) is 1.27. The van der Waals surface area contributed by atoms with Crippen LogP contribution in [0.4, 0.5) is 11.6 Å². The molecule has 0 unspecified atom stereocenters. The molecule has 6 heteroatoms. The molecule has 0 atom stereocenters. The first kappa shape index (κ1) is 13.0. The molecule has 0 amide bonds. The molecule has 0 bridgehead atoms. The van der Waals surface area contributed by atoms with E-state index in [9.17, 15) is 0 Å². The van der Waals surface area contributed by atoms with Gasteiger partial charge in [-0.05, 0) is 13.3 Å². The smallest absolute Gasteiger partial charge is 0.148 e. The molecule has 1 aliphatic heterocycles. The van der Waals surface area contributed by atoms with E-state index in [1.54, 1.807) is 6.33 Å². The Hall–Kier alpha value is -1.40. The van der Waals surface area contributed by atoms with Crippen molar-refractivity contribution in [3.8, 4) is 0 Å². The Morgan fingerprint density at radius 3 is 2.72 bits per heavy atom. The highest BCUT2D eigenvalue weighted by molar-refractivity contribution is 5.55. The maximum Gasteiger partial charge on any atom is 0.148 e. The lowest BCUT2D eigenvalue weighted by Crippen LogP contribution is -2.40. The number of anilines is 2. The molecular weight excluding hydrogens is 230 g/mol. The van der Waals surface area contributed by atoms with Gasteiger partial charge in [0, 0.05) is 25.2 Å². The zero-order chi connectivity index (χ0) is 12.8. The Morgan fingerprint density at radius 2 is 2.00 bits per heavy atom. The number of morpholine rings is 1. The molecule has 2 N–H and O–H groups in total. The SMILES string of the molecule is CCCNc1ncnc(NN2CCOCC2)c1C. The van der Waals surface area contributed by atoms with E-state index in [0.29, 0.717) is 0 Å². The standard InChI is InChI=1S/C12H21N5O/c1-3-4-13-11-10(2)12(15-9-14-11)16-17-5-7-18-8-6-17/h9H,3-8H2,1-2H3,(H2,13,14,15,16). The van der Waals surface area contributed by atoms with Gasteiger partial charge in [0.25, 0.3) is 0 Å². The van der Waals surface area contributed by atoms with Crippen molar-refractivity contribution >= 4 is 11.6 Å². The molecule has 1 saturated heterocycles. The second-order valence-corrected chi connectivity index (χ2v) is 4.33. The molecule has 2 rings (SSSR count). The van der Waals surface area contributed by atoms with Crippen LogP contribution in [0.2, 0.25) is 0 Å². The summed E-state index contributed by atoms with van der Waals surface area (Å²) >= 11 is 0. The van der Waals surface area contributed by atoms with Crippen molar-refractivity contribution in [2.24, 2.45) is 0 Å². The lowest BCUT2D eigenvalue weighted by molar-refractivity contribution is 0.0494. The van der Waals surface area contributed by atoms with Crippen LogP contribution in [-0.4, -0.2) is 47.8 Å². The van der Waals surface area contributed by atoms with Gasteiger partial charge in [-0.2, -0.15) is 0 Å². The van der Waals surface area contributed by atoms with E-state index in [4.69, 9.17) is 4.74 Å². The number of rotatable bonds is 5. The number of nitrogens with zero attached hydrogens (tertiary/aromatic N) is 3. The third-order valence-electron chi connectivity index (χ3n) is 2.90. The first-order chi connectivity index (χ1) is 8.81. The van der Waals surface area contributed by atoms with Crippen molar-refractivity contribution in [1.82, 2.24) is 15.0 Å². The van der Waals surface area contributed by atoms with E-state index < -0.39 is 0 Å². The number of nitrogens with one attached hydrogen (secondary N) is 2. The molecule has 0 saturated carbocycles. The summed E-state index contributed by atoms with van der Waals surface area (Å²) in [6, 6.07) is 0. The second-order valence-electron chi connectivity index (χ2n) is 4.33. The predicted molar refractivity (Wildman–Crippen MR) is 71.6 cm³/mol. The van der Waals surface area contributed by atoms with Crippen molar-refractivity contribution in [3.63, 3.8) is 0 Å². The fourth-order valence-electron chi connectivity index (χ4n) is 1.81. The number of aromatic nitrogens is 2. The number of hydrogen-bond acceptors (Lipinski definition) is 6. The third-order valence-corrected chi connectivity index (χ3v) is 2.90. The summed E-state index contributed by atoms with van der Waals surface area (Å²) in [4.78, 5) is 8.56. The number of hydrogen-bond donors (Lipinski definition) is 2. The average molecular weight is 251 g/mol. The van der Waals surface area contributed by atoms with Crippen molar-refractivity contribution in [2.45, 2.75) is 20.3 Å². The first-order valence-corrected chi connectivity index (χ1v) is 6.46. The van der Waals surface area contributed by atoms with Crippen LogP contribution in [0.1, 0.15) is 18.9 Å². The lowest BCUT2D eigenvalue weighted by Gasteiger charge is -2.28. The molecule has 18 heavy (non-hydrogen) atoms. The van der Waals surface area contributed by atoms with Gasteiger partial charge >= 0.3 is 0 Å². The zero-order valence-corrected chi connectivity index (χ0v) is 11.1. The minimum absolute atomic E-state index is 0.762. The molecule has 1 aromatic heterocycles. The minimum Gasteiger partial charge on any atom is -0.379 e. The van der Waals surface area contributed by atoms with Crippen molar-refractivity contribution in [2.75, 3.05) is 43.6 Å². The molecule has 1 aliphatic rings. The van der Waals surface area contributed by atoms with E-state index in [2.05, 4.69) is 32.6 Å². The molecule has 100 valence electrons. The van der Waals surface area contributed by atoms with Gasteiger partial charge in [0.1, 0.15) is 18.0 Å². The summed E-state index contributed by atoms with van der Waals surface area (Å²) in [5.74, 6) is 1.77. The fourth-order valence-corrected chi connectivity index (χ4v) is 1.81. The van der Waals surface area contributed by atoms with Gasteiger partial charge in [0.2, 0.25) is 0 Å². The summed E-state index contributed by atoms with van der Waals surface area (Å²) in [7, 11) is 0. The Balaban J connectivity index is 2.02. The second kappa shape index (κ2) is 6.51. The van der Waals surface area contributed by atoms with Crippen molar-refractivity contribution in [3.05, 3.63) is 11.9 Å². The van der Waals surface area contributed by atoms with Crippen molar-refractivity contribution in [1.29, 1.82) is 0 Å². The Bertz CT molecular complexity index is 379. The molecular formula is C12H21N5O. The molecule has 0 aromatic carbocycles. The van der Waals surface area contributed by atoms with E-state index >= 15 is 0 Å². The van der Waals surface area contributed by atoms with Crippen LogP contribution in [0.3, 0.4) is 0 Å². The highest BCUT2D eigenvalue weighted by Gasteiger charge is 2.13. The summed E-state index contributed by atoms with van der Waals surface area (Å²) in [5, 5.41) is 5.43. The molecule has 0 aliphatic carbocycles.